The highest BCUT2D eigenvalue weighted by molar-refractivity contribution is 5.77. The first-order valence-corrected chi connectivity index (χ1v) is 4.15. The Bertz CT molecular complexity index is 225. The Hall–Kier alpha value is -0.570. The standard InChI is InChI=1S/C8H10O3/c9-7-6-3-5-1-2-8(6,11-5)4-10-7/h5-6H,1-4H2/t5-,6?,8-/m1/s1. The second kappa shape index (κ2) is 1.61. The van der Waals surface area contributed by atoms with Crippen LogP contribution in [0.3, 0.4) is 0 Å². The summed E-state index contributed by atoms with van der Waals surface area (Å²) in [7, 11) is 0. The molecular formula is C8H10O3. The lowest BCUT2D eigenvalue weighted by molar-refractivity contribution is -0.141. The smallest absolute Gasteiger partial charge is 0.312 e. The van der Waals surface area contributed by atoms with Gasteiger partial charge in [0.25, 0.3) is 0 Å². The summed E-state index contributed by atoms with van der Waals surface area (Å²) in [6.45, 7) is 0.507. The van der Waals surface area contributed by atoms with E-state index >= 15 is 0 Å². The van der Waals surface area contributed by atoms with E-state index < -0.39 is 0 Å². The van der Waals surface area contributed by atoms with E-state index in [0.717, 1.165) is 19.3 Å². The first-order chi connectivity index (χ1) is 5.30. The van der Waals surface area contributed by atoms with Gasteiger partial charge in [-0.2, -0.15) is 0 Å². The zero-order valence-electron chi connectivity index (χ0n) is 6.21. The van der Waals surface area contributed by atoms with Crippen molar-refractivity contribution in [3.8, 4) is 0 Å². The number of hydrogen-bond acceptors (Lipinski definition) is 3. The molecule has 3 fully saturated rings. The van der Waals surface area contributed by atoms with Crippen molar-refractivity contribution in [1.29, 1.82) is 0 Å². The molecule has 0 saturated carbocycles. The van der Waals surface area contributed by atoms with Gasteiger partial charge in [0.2, 0.25) is 0 Å². The summed E-state index contributed by atoms with van der Waals surface area (Å²) < 4.78 is 10.7. The molecule has 0 aromatic carbocycles. The molecule has 2 bridgehead atoms. The fraction of sp³-hybridized carbons (Fsp3) is 0.875. The predicted molar refractivity (Wildman–Crippen MR) is 35.9 cm³/mol. The van der Waals surface area contributed by atoms with Crippen molar-refractivity contribution in [2.45, 2.75) is 31.0 Å². The number of esters is 1. The topological polar surface area (TPSA) is 35.5 Å². The van der Waals surface area contributed by atoms with Crippen molar-refractivity contribution in [1.82, 2.24) is 0 Å². The van der Waals surface area contributed by atoms with Gasteiger partial charge < -0.3 is 9.47 Å². The van der Waals surface area contributed by atoms with Crippen molar-refractivity contribution in [3.05, 3.63) is 0 Å². The lowest BCUT2D eigenvalue weighted by atomic mass is 9.81. The summed E-state index contributed by atoms with van der Waals surface area (Å²) in [5, 5.41) is 0. The van der Waals surface area contributed by atoms with Crippen LogP contribution < -0.4 is 0 Å². The predicted octanol–water partition coefficient (Wildman–Crippen LogP) is 0.481. The lowest BCUT2D eigenvalue weighted by Crippen LogP contribution is -2.33. The van der Waals surface area contributed by atoms with Crippen molar-refractivity contribution in [2.24, 2.45) is 5.92 Å². The Morgan fingerprint density at radius 2 is 2.45 bits per heavy atom. The largest absolute Gasteiger partial charge is 0.462 e. The maximum Gasteiger partial charge on any atom is 0.312 e. The Morgan fingerprint density at radius 3 is 3.18 bits per heavy atom. The van der Waals surface area contributed by atoms with Crippen LogP contribution in [0.4, 0.5) is 0 Å². The average Bonchev–Trinajstić information content (AvgIpc) is 2.62. The molecule has 1 spiro atoms. The number of carbonyl (C=O) groups excluding carboxylic acids is 1. The van der Waals surface area contributed by atoms with Gasteiger partial charge in [-0.25, -0.2) is 0 Å². The molecule has 0 N–H and O–H groups in total. The third kappa shape index (κ3) is 0.562. The molecular weight excluding hydrogens is 144 g/mol. The van der Waals surface area contributed by atoms with Gasteiger partial charge in [-0.3, -0.25) is 4.79 Å². The summed E-state index contributed by atoms with van der Waals surface area (Å²) in [6.07, 6.45) is 3.40. The van der Waals surface area contributed by atoms with Gasteiger partial charge in [0.1, 0.15) is 12.2 Å². The molecule has 1 unspecified atom stereocenters. The minimum Gasteiger partial charge on any atom is -0.462 e. The molecule has 3 heteroatoms. The third-order valence-electron chi connectivity index (χ3n) is 3.17. The Labute approximate surface area is 64.7 Å². The van der Waals surface area contributed by atoms with Gasteiger partial charge in [-0.15, -0.1) is 0 Å². The van der Waals surface area contributed by atoms with E-state index in [9.17, 15) is 4.79 Å². The molecule has 3 heterocycles. The minimum absolute atomic E-state index is 0.0350. The molecule has 3 aliphatic heterocycles. The average molecular weight is 154 g/mol. The molecule has 0 aromatic heterocycles. The van der Waals surface area contributed by atoms with Crippen molar-refractivity contribution < 1.29 is 14.3 Å². The zero-order valence-corrected chi connectivity index (χ0v) is 6.21. The van der Waals surface area contributed by atoms with Crippen LogP contribution in [-0.2, 0) is 14.3 Å². The Morgan fingerprint density at radius 1 is 1.55 bits per heavy atom. The van der Waals surface area contributed by atoms with Crippen molar-refractivity contribution >= 4 is 5.97 Å². The van der Waals surface area contributed by atoms with Gasteiger partial charge in [-0.05, 0) is 19.3 Å². The van der Waals surface area contributed by atoms with E-state index in [0.29, 0.717) is 12.7 Å². The Kier molecular flexibility index (Phi) is 0.876. The first kappa shape index (κ1) is 6.00. The molecule has 3 rings (SSSR count). The van der Waals surface area contributed by atoms with Gasteiger partial charge in [0.15, 0.2) is 0 Å². The minimum atomic E-state index is -0.179. The zero-order chi connectivity index (χ0) is 7.47. The number of hydrogen-bond donors (Lipinski definition) is 0. The first-order valence-electron chi connectivity index (χ1n) is 4.15. The third-order valence-corrected chi connectivity index (χ3v) is 3.17. The van der Waals surface area contributed by atoms with E-state index in [1.54, 1.807) is 0 Å². The summed E-state index contributed by atoms with van der Waals surface area (Å²) >= 11 is 0. The fourth-order valence-corrected chi connectivity index (χ4v) is 2.57. The van der Waals surface area contributed by atoms with Crippen molar-refractivity contribution in [3.63, 3.8) is 0 Å². The summed E-state index contributed by atoms with van der Waals surface area (Å²) in [4.78, 5) is 11.1. The normalized spacial score (nSPS) is 52.9. The lowest BCUT2D eigenvalue weighted by Gasteiger charge is -2.19. The summed E-state index contributed by atoms with van der Waals surface area (Å²) in [6, 6.07) is 0. The summed E-state index contributed by atoms with van der Waals surface area (Å²) in [5.74, 6) is 0.0356. The van der Waals surface area contributed by atoms with E-state index in [4.69, 9.17) is 9.47 Å². The molecule has 3 nitrogen and oxygen atoms in total. The highest BCUT2D eigenvalue weighted by atomic mass is 16.6. The van der Waals surface area contributed by atoms with E-state index in [1.807, 2.05) is 0 Å². The summed E-state index contributed by atoms with van der Waals surface area (Å²) in [5.41, 5.74) is -0.179. The molecule has 0 radical (unpaired) electrons. The van der Waals surface area contributed by atoms with Crippen LogP contribution >= 0.6 is 0 Å². The number of rotatable bonds is 0. The van der Waals surface area contributed by atoms with Gasteiger partial charge in [0, 0.05) is 0 Å². The Balaban J connectivity index is 2.02. The quantitative estimate of drug-likeness (QED) is 0.476. The monoisotopic (exact) mass is 154 g/mol. The molecule has 0 amide bonds. The second-order valence-electron chi connectivity index (χ2n) is 3.74. The van der Waals surface area contributed by atoms with Crippen LogP contribution in [0.1, 0.15) is 19.3 Å². The molecule has 3 atom stereocenters. The SMILES string of the molecule is O=C1OC[C@]23CC[C@H](CC12)O3. The molecule has 0 aromatic rings. The van der Waals surface area contributed by atoms with Crippen LogP contribution in [0, 0.1) is 5.92 Å². The van der Waals surface area contributed by atoms with Crippen LogP contribution in [0.2, 0.25) is 0 Å². The van der Waals surface area contributed by atoms with Crippen LogP contribution in [-0.4, -0.2) is 24.3 Å². The number of ether oxygens (including phenoxy) is 2. The maximum absolute atomic E-state index is 11.1. The number of cyclic esters (lactones) is 1. The highest BCUT2D eigenvalue weighted by Crippen LogP contribution is 2.51. The number of fused-ring (bicyclic) bond motifs is 1. The maximum atomic E-state index is 11.1. The van der Waals surface area contributed by atoms with E-state index in [2.05, 4.69) is 0 Å². The highest BCUT2D eigenvalue weighted by Gasteiger charge is 2.61. The number of carbonyl (C=O) groups is 1. The van der Waals surface area contributed by atoms with E-state index in [1.165, 1.54) is 0 Å². The molecule has 3 aliphatic rings. The van der Waals surface area contributed by atoms with Crippen LogP contribution in [0.15, 0.2) is 0 Å². The molecule has 0 aliphatic carbocycles. The molecule has 3 saturated heterocycles. The molecule has 11 heavy (non-hydrogen) atoms. The second-order valence-corrected chi connectivity index (χ2v) is 3.74. The molecule has 60 valence electrons. The van der Waals surface area contributed by atoms with Gasteiger partial charge in [-0.1, -0.05) is 0 Å². The van der Waals surface area contributed by atoms with Crippen molar-refractivity contribution in [2.75, 3.05) is 6.61 Å². The van der Waals surface area contributed by atoms with Crippen LogP contribution in [0.25, 0.3) is 0 Å². The fourth-order valence-electron chi connectivity index (χ4n) is 2.57. The van der Waals surface area contributed by atoms with Crippen LogP contribution in [0.5, 0.6) is 0 Å². The van der Waals surface area contributed by atoms with Gasteiger partial charge in [0.05, 0.1) is 12.0 Å². The van der Waals surface area contributed by atoms with E-state index in [-0.39, 0.29) is 17.5 Å². The van der Waals surface area contributed by atoms with Gasteiger partial charge >= 0.3 is 5.97 Å².